The Hall–Kier alpha value is -1.97. The number of sulfonamides is 1. The Morgan fingerprint density at radius 2 is 2.08 bits per heavy atom. The summed E-state index contributed by atoms with van der Waals surface area (Å²) in [6, 6.07) is 9.30. The number of methoxy groups -OCH3 is 1. The van der Waals surface area contributed by atoms with E-state index in [1.807, 2.05) is 0 Å². The van der Waals surface area contributed by atoms with Gasteiger partial charge in [-0.15, -0.1) is 0 Å². The molecule has 2 aromatic carbocycles. The molecular weight excluding hydrogens is 448 g/mol. The summed E-state index contributed by atoms with van der Waals surface area (Å²) < 4.78 is 38.9. The molecule has 0 fully saturated rings. The largest absolute Gasteiger partial charge is 0.494 e. The van der Waals surface area contributed by atoms with Crippen LogP contribution >= 0.6 is 27.5 Å². The molecule has 7 nitrogen and oxygen atoms in total. The zero-order chi connectivity index (χ0) is 19.1. The van der Waals surface area contributed by atoms with Gasteiger partial charge in [0.15, 0.2) is 11.9 Å². The van der Waals surface area contributed by atoms with Crippen LogP contribution in [0.3, 0.4) is 0 Å². The van der Waals surface area contributed by atoms with Crippen molar-refractivity contribution in [1.29, 1.82) is 0 Å². The van der Waals surface area contributed by atoms with E-state index >= 15 is 0 Å². The number of rotatable bonds is 4. The molecular formula is C16H14BrClN2O5S. The third-order valence-corrected chi connectivity index (χ3v) is 6.39. The number of halogens is 2. The first kappa shape index (κ1) is 18.8. The molecule has 0 aromatic heterocycles. The van der Waals surface area contributed by atoms with E-state index in [1.54, 1.807) is 24.3 Å². The van der Waals surface area contributed by atoms with Crippen molar-refractivity contribution >= 4 is 49.1 Å². The number of primary amides is 1. The second-order valence-electron chi connectivity index (χ2n) is 5.43. The third-order valence-electron chi connectivity index (χ3n) is 3.80. The third kappa shape index (κ3) is 3.22. The second kappa shape index (κ2) is 6.98. The molecule has 1 heterocycles. The Bertz CT molecular complexity index is 983. The smallest absolute Gasteiger partial charge is 0.268 e. The first-order valence-corrected chi connectivity index (χ1v) is 9.97. The number of nitrogens with zero attached hydrogens (tertiary/aromatic N) is 1. The summed E-state index contributed by atoms with van der Waals surface area (Å²) in [6.07, 6.45) is -1.12. The predicted octanol–water partition coefficient (Wildman–Crippen LogP) is 2.55. The highest BCUT2D eigenvalue weighted by Gasteiger charge is 2.38. The van der Waals surface area contributed by atoms with Gasteiger partial charge in [0, 0.05) is 5.02 Å². The fourth-order valence-electron chi connectivity index (χ4n) is 2.62. The van der Waals surface area contributed by atoms with Gasteiger partial charge in [-0.25, -0.2) is 8.42 Å². The van der Waals surface area contributed by atoms with Crippen molar-refractivity contribution in [2.75, 3.05) is 18.0 Å². The highest BCUT2D eigenvalue weighted by atomic mass is 79.9. The molecule has 1 aliphatic rings. The highest BCUT2D eigenvalue weighted by molar-refractivity contribution is 9.10. The van der Waals surface area contributed by atoms with Crippen LogP contribution in [0.5, 0.6) is 11.5 Å². The standard InChI is InChI=1S/C16H14BrClN2O5S/c1-24-15-10(17)6-9(18)7-14(15)26(22,23)20-8-13(16(19)21)25-12-5-3-2-4-11(12)20/h2-7,13H,8H2,1H3,(H2,19,21)/t13-/m0/s1. The topological polar surface area (TPSA) is 98.9 Å². The monoisotopic (exact) mass is 460 g/mol. The van der Waals surface area contributed by atoms with Gasteiger partial charge < -0.3 is 15.2 Å². The molecule has 0 aliphatic carbocycles. The van der Waals surface area contributed by atoms with Gasteiger partial charge in [0.1, 0.15) is 10.6 Å². The van der Waals surface area contributed by atoms with Gasteiger partial charge in [-0.3, -0.25) is 9.10 Å². The number of hydrogen-bond acceptors (Lipinski definition) is 5. The van der Waals surface area contributed by atoms with Crippen LogP contribution in [-0.4, -0.2) is 34.1 Å². The van der Waals surface area contributed by atoms with E-state index in [4.69, 9.17) is 26.8 Å². The van der Waals surface area contributed by atoms with Crippen molar-refractivity contribution in [3.8, 4) is 11.5 Å². The predicted molar refractivity (Wildman–Crippen MR) is 100 cm³/mol. The van der Waals surface area contributed by atoms with Gasteiger partial charge in [-0.2, -0.15) is 0 Å². The van der Waals surface area contributed by atoms with Crippen molar-refractivity contribution in [1.82, 2.24) is 0 Å². The summed E-state index contributed by atoms with van der Waals surface area (Å²) in [5, 5.41) is 0.212. The second-order valence-corrected chi connectivity index (χ2v) is 8.55. The van der Waals surface area contributed by atoms with Crippen molar-refractivity contribution in [3.05, 3.63) is 45.9 Å². The average Bonchev–Trinajstić information content (AvgIpc) is 2.60. The fraction of sp³-hybridized carbons (Fsp3) is 0.188. The van der Waals surface area contributed by atoms with Crippen LogP contribution in [0, 0.1) is 0 Å². The molecule has 1 amide bonds. The van der Waals surface area contributed by atoms with E-state index in [2.05, 4.69) is 15.9 Å². The zero-order valence-corrected chi connectivity index (χ0v) is 16.6. The average molecular weight is 462 g/mol. The van der Waals surface area contributed by atoms with Crippen LogP contribution in [-0.2, 0) is 14.8 Å². The lowest BCUT2D eigenvalue weighted by molar-refractivity contribution is -0.124. The number of para-hydroxylation sites is 2. The van der Waals surface area contributed by atoms with Crippen LogP contribution in [0.25, 0.3) is 0 Å². The lowest BCUT2D eigenvalue weighted by atomic mass is 10.2. The molecule has 0 unspecified atom stereocenters. The van der Waals surface area contributed by atoms with Crippen LogP contribution in [0.15, 0.2) is 45.8 Å². The number of benzene rings is 2. The molecule has 2 aromatic rings. The molecule has 2 N–H and O–H groups in total. The molecule has 138 valence electrons. The first-order chi connectivity index (χ1) is 12.3. The Labute approximate surface area is 163 Å². The van der Waals surface area contributed by atoms with Gasteiger partial charge in [0.25, 0.3) is 15.9 Å². The number of fused-ring (bicyclic) bond motifs is 1. The van der Waals surface area contributed by atoms with Crippen molar-refractivity contribution < 1.29 is 22.7 Å². The molecule has 0 spiro atoms. The summed E-state index contributed by atoms with van der Waals surface area (Å²) in [5.41, 5.74) is 5.63. The number of hydrogen-bond donors (Lipinski definition) is 1. The number of nitrogens with two attached hydrogens (primary N) is 1. The van der Waals surface area contributed by atoms with Crippen molar-refractivity contribution in [3.63, 3.8) is 0 Å². The minimum atomic E-state index is -4.12. The van der Waals surface area contributed by atoms with E-state index in [-0.39, 0.29) is 28.0 Å². The number of anilines is 1. The summed E-state index contributed by atoms with van der Waals surface area (Å²) in [4.78, 5) is 11.5. The molecule has 1 atom stereocenters. The van der Waals surface area contributed by atoms with Crippen molar-refractivity contribution in [2.24, 2.45) is 5.73 Å². The molecule has 10 heteroatoms. The molecule has 3 rings (SSSR count). The zero-order valence-electron chi connectivity index (χ0n) is 13.5. The minimum Gasteiger partial charge on any atom is -0.494 e. The maximum atomic E-state index is 13.4. The van der Waals surface area contributed by atoms with Gasteiger partial charge in [-0.05, 0) is 40.2 Å². The van der Waals surface area contributed by atoms with E-state index in [0.29, 0.717) is 10.2 Å². The van der Waals surface area contributed by atoms with Crippen LogP contribution in [0.4, 0.5) is 5.69 Å². The van der Waals surface area contributed by atoms with E-state index < -0.39 is 22.0 Å². The molecule has 0 bridgehead atoms. The van der Waals surface area contributed by atoms with E-state index in [1.165, 1.54) is 19.2 Å². The van der Waals surface area contributed by atoms with Gasteiger partial charge in [0.05, 0.1) is 23.8 Å². The number of amides is 1. The number of ether oxygens (including phenoxy) is 2. The van der Waals surface area contributed by atoms with Crippen LogP contribution < -0.4 is 19.5 Å². The van der Waals surface area contributed by atoms with Gasteiger partial charge in [0.2, 0.25) is 0 Å². The number of carbonyl (C=O) groups is 1. The summed E-state index contributed by atoms with van der Waals surface area (Å²) in [5.74, 6) is -0.417. The first-order valence-electron chi connectivity index (χ1n) is 7.36. The SMILES string of the molecule is COc1c(Br)cc(Cl)cc1S(=O)(=O)N1C[C@@H](C(N)=O)Oc2ccccc21. The molecule has 26 heavy (non-hydrogen) atoms. The number of carbonyl (C=O) groups excluding carboxylic acids is 1. The summed E-state index contributed by atoms with van der Waals surface area (Å²) in [7, 11) is -2.77. The van der Waals surface area contributed by atoms with Crippen LogP contribution in [0.2, 0.25) is 5.02 Å². The van der Waals surface area contributed by atoms with E-state index in [9.17, 15) is 13.2 Å². The summed E-state index contributed by atoms with van der Waals surface area (Å²) >= 11 is 9.29. The Morgan fingerprint density at radius 3 is 2.73 bits per heavy atom. The summed E-state index contributed by atoms with van der Waals surface area (Å²) in [6.45, 7) is -0.262. The van der Waals surface area contributed by atoms with Crippen LogP contribution in [0.1, 0.15) is 0 Å². The fourth-order valence-corrected chi connectivity index (χ4v) is 5.47. The Kier molecular flexibility index (Phi) is 5.05. The molecule has 0 radical (unpaired) electrons. The van der Waals surface area contributed by atoms with Gasteiger partial charge in [-0.1, -0.05) is 23.7 Å². The maximum Gasteiger partial charge on any atom is 0.268 e. The Balaban J connectivity index is 2.20. The van der Waals surface area contributed by atoms with Crippen molar-refractivity contribution in [2.45, 2.75) is 11.0 Å². The molecule has 0 saturated carbocycles. The molecule has 0 saturated heterocycles. The molecule has 1 aliphatic heterocycles. The maximum absolute atomic E-state index is 13.4. The van der Waals surface area contributed by atoms with Gasteiger partial charge >= 0.3 is 0 Å². The highest BCUT2D eigenvalue weighted by Crippen LogP contribution is 2.41. The quantitative estimate of drug-likeness (QED) is 0.754. The Morgan fingerprint density at radius 1 is 1.38 bits per heavy atom. The lowest BCUT2D eigenvalue weighted by Crippen LogP contribution is -2.49. The minimum absolute atomic E-state index is 0.106. The normalized spacial score (nSPS) is 16.6. The van der Waals surface area contributed by atoms with E-state index in [0.717, 1.165) is 4.31 Å². The lowest BCUT2D eigenvalue weighted by Gasteiger charge is -2.34.